The lowest BCUT2D eigenvalue weighted by molar-refractivity contribution is -0.620. The zero-order chi connectivity index (χ0) is 18.4. The van der Waals surface area contributed by atoms with Crippen LogP contribution in [0.3, 0.4) is 0 Å². The highest BCUT2D eigenvalue weighted by Crippen LogP contribution is 2.47. The van der Waals surface area contributed by atoms with Gasteiger partial charge in [0.15, 0.2) is 11.8 Å². The normalized spacial score (nSPS) is 24.8. The summed E-state index contributed by atoms with van der Waals surface area (Å²) < 4.78 is 2.63. The molecule has 4 rings (SSSR count). The molecule has 3 heterocycles. The third-order valence-corrected chi connectivity index (χ3v) is 6.79. The first-order chi connectivity index (χ1) is 12.6. The highest BCUT2D eigenvalue weighted by Gasteiger charge is 2.52. The van der Waals surface area contributed by atoms with Crippen molar-refractivity contribution in [1.29, 1.82) is 0 Å². The van der Waals surface area contributed by atoms with Gasteiger partial charge in [-0.15, -0.1) is 9.69 Å². The molecule has 0 spiro atoms. The Morgan fingerprint density at radius 3 is 2.62 bits per heavy atom. The maximum atomic E-state index is 2.63. The molecule has 1 atom stereocenters. The fourth-order valence-electron chi connectivity index (χ4n) is 5.08. The van der Waals surface area contributed by atoms with E-state index >= 15 is 0 Å². The van der Waals surface area contributed by atoms with Gasteiger partial charge in [-0.2, -0.15) is 0 Å². The fraction of sp³-hybridized carbons (Fsp3) is 0.542. The molecular formula is C24H33N2+. The molecule has 3 aliphatic rings. The van der Waals surface area contributed by atoms with E-state index in [0.29, 0.717) is 0 Å². The smallest absolute Gasteiger partial charge is 0.121 e. The maximum absolute atomic E-state index is 2.63. The van der Waals surface area contributed by atoms with Gasteiger partial charge in [-0.1, -0.05) is 64.3 Å². The Morgan fingerprint density at radius 1 is 1.08 bits per heavy atom. The van der Waals surface area contributed by atoms with Gasteiger partial charge in [0.05, 0.1) is 5.41 Å². The highest BCUT2D eigenvalue weighted by atomic mass is 15.6. The number of hydrazine groups is 1. The number of hydrogen-bond acceptors (Lipinski definition) is 1. The molecular weight excluding hydrogens is 316 g/mol. The van der Waals surface area contributed by atoms with Crippen LogP contribution in [0.2, 0.25) is 0 Å². The Hall–Kier alpha value is -1.83. The molecule has 0 saturated heterocycles. The van der Waals surface area contributed by atoms with Crippen LogP contribution in [0.1, 0.15) is 77.3 Å². The third-order valence-electron chi connectivity index (χ3n) is 6.79. The number of rotatable bonds is 6. The molecule has 0 amide bonds. The van der Waals surface area contributed by atoms with Crippen molar-refractivity contribution in [3.8, 4) is 0 Å². The van der Waals surface area contributed by atoms with Gasteiger partial charge in [0.1, 0.15) is 11.4 Å². The molecule has 0 fully saturated rings. The lowest BCUT2D eigenvalue weighted by atomic mass is 9.77. The molecule has 0 N–H and O–H groups in total. The van der Waals surface area contributed by atoms with Crippen LogP contribution in [0.15, 0.2) is 36.0 Å². The molecule has 138 valence electrons. The molecule has 0 aliphatic carbocycles. The van der Waals surface area contributed by atoms with Crippen molar-refractivity contribution in [3.63, 3.8) is 0 Å². The number of allylic oxidation sites excluding steroid dienone is 2. The van der Waals surface area contributed by atoms with E-state index in [2.05, 4.69) is 80.0 Å². The number of hydrogen-bond donors (Lipinski definition) is 0. The molecule has 0 saturated carbocycles. The van der Waals surface area contributed by atoms with E-state index in [1.165, 1.54) is 61.0 Å². The maximum Gasteiger partial charge on any atom is 0.195 e. The van der Waals surface area contributed by atoms with Crippen LogP contribution >= 0.6 is 0 Å². The van der Waals surface area contributed by atoms with Crippen LogP contribution < -0.4 is 5.01 Å². The Balaban J connectivity index is 1.87. The summed E-state index contributed by atoms with van der Waals surface area (Å²) in [5, 5.41) is 2.52. The van der Waals surface area contributed by atoms with Crippen molar-refractivity contribution in [2.75, 3.05) is 5.01 Å². The Kier molecular flexibility index (Phi) is 4.33. The van der Waals surface area contributed by atoms with Crippen molar-refractivity contribution >= 4 is 18.0 Å². The number of unbranched alkanes of at least 4 members (excludes halogenated alkanes) is 2. The van der Waals surface area contributed by atoms with Crippen LogP contribution in [0.4, 0.5) is 5.69 Å². The first kappa shape index (κ1) is 17.6. The first-order valence-electron chi connectivity index (χ1n) is 10.5. The second kappa shape index (κ2) is 6.40. The van der Waals surface area contributed by atoms with Gasteiger partial charge in [-0.3, -0.25) is 0 Å². The highest BCUT2D eigenvalue weighted by molar-refractivity contribution is 5.81. The van der Waals surface area contributed by atoms with Crippen LogP contribution in [0.25, 0.3) is 6.08 Å². The largest absolute Gasteiger partial charge is 0.195 e. The minimum absolute atomic E-state index is 0.144. The number of benzene rings is 1. The van der Waals surface area contributed by atoms with Crippen molar-refractivity contribution < 1.29 is 4.68 Å². The van der Waals surface area contributed by atoms with Crippen molar-refractivity contribution in [2.45, 2.75) is 78.2 Å². The third kappa shape index (κ3) is 2.57. The minimum Gasteiger partial charge on any atom is -0.121 e. The van der Waals surface area contributed by atoms with E-state index in [4.69, 9.17) is 0 Å². The second-order valence-corrected chi connectivity index (χ2v) is 8.61. The van der Waals surface area contributed by atoms with Gasteiger partial charge >= 0.3 is 0 Å². The predicted octanol–water partition coefficient (Wildman–Crippen LogP) is 6.12. The van der Waals surface area contributed by atoms with Crippen molar-refractivity contribution in [1.82, 2.24) is 0 Å². The summed E-state index contributed by atoms with van der Waals surface area (Å²) in [6.45, 7) is 9.43. The summed E-state index contributed by atoms with van der Waals surface area (Å²) >= 11 is 0. The SMILES string of the molecule is CCCCCC1(C)C=C2C=Cc3cccc4c3N2[N+](=C1)C(CC)(CC)C4. The van der Waals surface area contributed by atoms with E-state index in [-0.39, 0.29) is 11.0 Å². The van der Waals surface area contributed by atoms with Gasteiger partial charge in [0, 0.05) is 24.8 Å². The molecule has 0 aromatic heterocycles. The van der Waals surface area contributed by atoms with Gasteiger partial charge in [0.2, 0.25) is 0 Å². The fourth-order valence-corrected chi connectivity index (χ4v) is 5.08. The number of nitrogens with zero attached hydrogens (tertiary/aromatic N) is 2. The summed E-state index contributed by atoms with van der Waals surface area (Å²) in [5.74, 6) is 0. The quantitative estimate of drug-likeness (QED) is 0.443. The summed E-state index contributed by atoms with van der Waals surface area (Å²) in [5.41, 5.74) is 5.95. The Labute approximate surface area is 158 Å². The minimum atomic E-state index is 0.144. The molecule has 2 heteroatoms. The number of anilines is 1. The summed E-state index contributed by atoms with van der Waals surface area (Å²) in [6, 6.07) is 6.81. The van der Waals surface area contributed by atoms with Gasteiger partial charge in [-0.25, -0.2) is 0 Å². The summed E-state index contributed by atoms with van der Waals surface area (Å²) in [6.07, 6.45) is 18.3. The molecule has 1 aromatic carbocycles. The van der Waals surface area contributed by atoms with Crippen LogP contribution in [-0.2, 0) is 6.42 Å². The molecule has 1 unspecified atom stereocenters. The van der Waals surface area contributed by atoms with Crippen LogP contribution in [-0.4, -0.2) is 16.4 Å². The Morgan fingerprint density at radius 2 is 1.88 bits per heavy atom. The first-order valence-corrected chi connectivity index (χ1v) is 10.5. The topological polar surface area (TPSA) is 6.25 Å². The lowest BCUT2D eigenvalue weighted by Crippen LogP contribution is -2.59. The van der Waals surface area contributed by atoms with E-state index in [9.17, 15) is 0 Å². The van der Waals surface area contributed by atoms with Gasteiger partial charge in [-0.05, 0) is 31.1 Å². The van der Waals surface area contributed by atoms with Crippen LogP contribution in [0.5, 0.6) is 0 Å². The van der Waals surface area contributed by atoms with Crippen molar-refractivity contribution in [3.05, 3.63) is 47.2 Å². The zero-order valence-corrected chi connectivity index (χ0v) is 16.9. The molecule has 0 radical (unpaired) electrons. The standard InChI is InChI=1S/C24H33N2/c1-5-8-9-15-23(4)17-21-14-13-19-11-10-12-20-16-24(6-2,7-3)25(18-23)26(21)22(19)20/h10-14,17-18H,5-9,15-16H2,1-4H3/q+1. The van der Waals surface area contributed by atoms with E-state index in [1.807, 2.05) is 0 Å². The van der Waals surface area contributed by atoms with Gasteiger partial charge < -0.3 is 0 Å². The number of para-hydroxylation sites is 1. The predicted molar refractivity (Wildman–Crippen MR) is 112 cm³/mol. The molecule has 1 aromatic rings. The van der Waals surface area contributed by atoms with E-state index in [0.717, 1.165) is 6.42 Å². The van der Waals surface area contributed by atoms with E-state index < -0.39 is 0 Å². The molecule has 0 bridgehead atoms. The zero-order valence-electron chi connectivity index (χ0n) is 16.9. The summed E-state index contributed by atoms with van der Waals surface area (Å²) in [4.78, 5) is 0. The summed E-state index contributed by atoms with van der Waals surface area (Å²) in [7, 11) is 0. The Bertz CT molecular complexity index is 794. The molecule has 2 nitrogen and oxygen atoms in total. The second-order valence-electron chi connectivity index (χ2n) is 8.61. The number of hydrazone groups is 1. The van der Waals surface area contributed by atoms with E-state index in [1.54, 1.807) is 0 Å². The average Bonchev–Trinajstić information content (AvgIpc) is 2.65. The monoisotopic (exact) mass is 349 g/mol. The van der Waals surface area contributed by atoms with Crippen molar-refractivity contribution in [2.24, 2.45) is 5.41 Å². The average molecular weight is 350 g/mol. The van der Waals surface area contributed by atoms with Crippen LogP contribution in [0, 0.1) is 5.41 Å². The molecule has 26 heavy (non-hydrogen) atoms. The molecule has 3 aliphatic heterocycles. The van der Waals surface area contributed by atoms with Gasteiger partial charge in [0.25, 0.3) is 0 Å². The lowest BCUT2D eigenvalue weighted by Gasteiger charge is -2.45.